The monoisotopic (exact) mass is 273 g/mol. The fourth-order valence-corrected chi connectivity index (χ4v) is 2.61. The fraction of sp³-hybridized carbons (Fsp3) is 0.333. The Kier molecular flexibility index (Phi) is 3.18. The van der Waals surface area contributed by atoms with Gasteiger partial charge >= 0.3 is 0 Å². The average molecular weight is 273 g/mol. The second kappa shape index (κ2) is 5.00. The Labute approximate surface area is 116 Å². The molecule has 0 saturated heterocycles. The zero-order valence-corrected chi connectivity index (χ0v) is 11.1. The molecule has 1 aromatic carbocycles. The standard InChI is InChI=1S/C15H15NO4/c1-9(17)16-13-4-3-11(18)7-12(13)10-2-5-14-15(6-10)20-8-19-14/h2-6,12-13H,7-8H2,1H3,(H,16,17)/t12-,13+/m1/s1. The second-order valence-corrected chi connectivity index (χ2v) is 4.98. The molecular formula is C15H15NO4. The summed E-state index contributed by atoms with van der Waals surface area (Å²) in [6.45, 7) is 1.69. The van der Waals surface area contributed by atoms with Crippen molar-refractivity contribution >= 4 is 11.7 Å². The molecule has 1 aliphatic carbocycles. The van der Waals surface area contributed by atoms with E-state index in [0.717, 1.165) is 5.56 Å². The zero-order valence-electron chi connectivity index (χ0n) is 11.1. The van der Waals surface area contributed by atoms with Crippen LogP contribution >= 0.6 is 0 Å². The first-order valence-electron chi connectivity index (χ1n) is 6.51. The molecule has 0 unspecified atom stereocenters. The summed E-state index contributed by atoms with van der Waals surface area (Å²) in [5, 5.41) is 2.87. The molecule has 2 atom stereocenters. The average Bonchev–Trinajstić information content (AvgIpc) is 2.87. The van der Waals surface area contributed by atoms with Gasteiger partial charge in [-0.05, 0) is 23.8 Å². The lowest BCUT2D eigenvalue weighted by Gasteiger charge is -2.28. The molecule has 20 heavy (non-hydrogen) atoms. The summed E-state index contributed by atoms with van der Waals surface area (Å²) in [5.41, 5.74) is 0.964. The second-order valence-electron chi connectivity index (χ2n) is 4.98. The third kappa shape index (κ3) is 2.39. The highest BCUT2D eigenvalue weighted by Crippen LogP contribution is 2.37. The predicted octanol–water partition coefficient (Wildman–Crippen LogP) is 1.53. The van der Waals surface area contributed by atoms with Crippen LogP contribution in [0.1, 0.15) is 24.8 Å². The van der Waals surface area contributed by atoms with Crippen molar-refractivity contribution in [3.05, 3.63) is 35.9 Å². The minimum absolute atomic E-state index is 0.0641. The molecule has 0 radical (unpaired) electrons. The quantitative estimate of drug-likeness (QED) is 0.887. The first-order valence-corrected chi connectivity index (χ1v) is 6.51. The van der Waals surface area contributed by atoms with Crippen molar-refractivity contribution in [3.63, 3.8) is 0 Å². The van der Waals surface area contributed by atoms with E-state index in [9.17, 15) is 9.59 Å². The van der Waals surface area contributed by atoms with Gasteiger partial charge in [-0.25, -0.2) is 0 Å². The van der Waals surface area contributed by atoms with Gasteiger partial charge in [-0.15, -0.1) is 0 Å². The third-order valence-corrected chi connectivity index (χ3v) is 3.54. The molecule has 1 amide bonds. The zero-order chi connectivity index (χ0) is 14.1. The number of hydrogen-bond acceptors (Lipinski definition) is 4. The van der Waals surface area contributed by atoms with E-state index in [1.54, 1.807) is 6.08 Å². The summed E-state index contributed by atoms with van der Waals surface area (Å²) in [5.74, 6) is 1.27. The minimum atomic E-state index is -0.175. The van der Waals surface area contributed by atoms with Crippen LogP contribution in [0.25, 0.3) is 0 Å². The van der Waals surface area contributed by atoms with Crippen molar-refractivity contribution in [2.24, 2.45) is 0 Å². The molecule has 0 saturated carbocycles. The Morgan fingerprint density at radius 1 is 1.30 bits per heavy atom. The van der Waals surface area contributed by atoms with Gasteiger partial charge < -0.3 is 14.8 Å². The van der Waals surface area contributed by atoms with Gasteiger partial charge in [0, 0.05) is 19.3 Å². The first-order chi connectivity index (χ1) is 9.63. The van der Waals surface area contributed by atoms with E-state index in [0.29, 0.717) is 17.9 Å². The fourth-order valence-electron chi connectivity index (χ4n) is 2.61. The maximum absolute atomic E-state index is 11.7. The van der Waals surface area contributed by atoms with Crippen molar-refractivity contribution in [3.8, 4) is 11.5 Å². The number of benzene rings is 1. The van der Waals surface area contributed by atoms with Gasteiger partial charge in [0.1, 0.15) is 0 Å². The van der Waals surface area contributed by atoms with Crippen molar-refractivity contribution in [1.82, 2.24) is 5.32 Å². The van der Waals surface area contributed by atoms with Crippen LogP contribution in [-0.4, -0.2) is 24.5 Å². The lowest BCUT2D eigenvalue weighted by atomic mass is 9.83. The van der Waals surface area contributed by atoms with E-state index < -0.39 is 0 Å². The van der Waals surface area contributed by atoms with Crippen LogP contribution in [0, 0.1) is 0 Å². The SMILES string of the molecule is CC(=O)N[C@H]1C=CC(=O)C[C@@H]1c1ccc2c(c1)OCO2. The number of nitrogens with one attached hydrogen (secondary N) is 1. The molecule has 104 valence electrons. The van der Waals surface area contributed by atoms with Crippen LogP contribution in [0.2, 0.25) is 0 Å². The maximum atomic E-state index is 11.7. The maximum Gasteiger partial charge on any atom is 0.231 e. The first kappa shape index (κ1) is 12.7. The van der Waals surface area contributed by atoms with Crippen LogP contribution in [0.5, 0.6) is 11.5 Å². The number of ketones is 1. The van der Waals surface area contributed by atoms with Crippen LogP contribution in [0.4, 0.5) is 0 Å². The molecule has 3 rings (SSSR count). The Morgan fingerprint density at radius 3 is 2.90 bits per heavy atom. The van der Waals surface area contributed by atoms with Crippen molar-refractivity contribution in [2.45, 2.75) is 25.3 Å². The molecule has 5 nitrogen and oxygen atoms in total. The molecule has 0 spiro atoms. The summed E-state index contributed by atoms with van der Waals surface area (Å²) in [7, 11) is 0. The number of fused-ring (bicyclic) bond motifs is 1. The van der Waals surface area contributed by atoms with Crippen LogP contribution in [0.15, 0.2) is 30.4 Å². The molecule has 1 aliphatic heterocycles. The molecule has 1 N–H and O–H groups in total. The molecule has 1 heterocycles. The summed E-state index contributed by atoms with van der Waals surface area (Å²) in [4.78, 5) is 22.9. The van der Waals surface area contributed by atoms with Gasteiger partial charge in [0.05, 0.1) is 6.04 Å². The van der Waals surface area contributed by atoms with Gasteiger partial charge in [-0.1, -0.05) is 12.1 Å². The highest BCUT2D eigenvalue weighted by Gasteiger charge is 2.28. The summed E-state index contributed by atoms with van der Waals surface area (Å²) >= 11 is 0. The number of carbonyl (C=O) groups excluding carboxylic acids is 2. The van der Waals surface area contributed by atoms with E-state index in [4.69, 9.17) is 9.47 Å². The molecule has 1 aromatic rings. The lowest BCUT2D eigenvalue weighted by Crippen LogP contribution is -2.39. The molecule has 0 bridgehead atoms. The predicted molar refractivity (Wildman–Crippen MR) is 71.7 cm³/mol. The van der Waals surface area contributed by atoms with E-state index >= 15 is 0 Å². The summed E-state index contributed by atoms with van der Waals surface area (Å²) in [6, 6.07) is 5.46. The topological polar surface area (TPSA) is 64.6 Å². The highest BCUT2D eigenvalue weighted by molar-refractivity contribution is 5.92. The Balaban J connectivity index is 1.91. The van der Waals surface area contributed by atoms with E-state index in [1.165, 1.54) is 13.0 Å². The summed E-state index contributed by atoms with van der Waals surface area (Å²) in [6.07, 6.45) is 3.66. The third-order valence-electron chi connectivity index (χ3n) is 3.54. The number of allylic oxidation sites excluding steroid dienone is 1. The van der Waals surface area contributed by atoms with Crippen molar-refractivity contribution in [2.75, 3.05) is 6.79 Å². The van der Waals surface area contributed by atoms with Crippen molar-refractivity contribution < 1.29 is 19.1 Å². The smallest absolute Gasteiger partial charge is 0.231 e. The van der Waals surface area contributed by atoms with E-state index in [2.05, 4.69) is 5.32 Å². The minimum Gasteiger partial charge on any atom is -0.454 e. The number of amides is 1. The van der Waals surface area contributed by atoms with Gasteiger partial charge in [-0.3, -0.25) is 9.59 Å². The summed E-state index contributed by atoms with van der Waals surface area (Å²) < 4.78 is 10.6. The van der Waals surface area contributed by atoms with Crippen LogP contribution in [-0.2, 0) is 9.59 Å². The van der Waals surface area contributed by atoms with E-state index in [1.807, 2.05) is 18.2 Å². The Hall–Kier alpha value is -2.30. The lowest BCUT2D eigenvalue weighted by molar-refractivity contribution is -0.120. The molecule has 0 aromatic heterocycles. The molecular weight excluding hydrogens is 258 g/mol. The highest BCUT2D eigenvalue weighted by atomic mass is 16.7. The number of ether oxygens (including phenoxy) is 2. The van der Waals surface area contributed by atoms with E-state index in [-0.39, 0.29) is 30.4 Å². The largest absolute Gasteiger partial charge is 0.454 e. The number of hydrogen-bond donors (Lipinski definition) is 1. The Morgan fingerprint density at radius 2 is 2.10 bits per heavy atom. The van der Waals surface area contributed by atoms with Gasteiger partial charge in [0.25, 0.3) is 0 Å². The number of rotatable bonds is 2. The van der Waals surface area contributed by atoms with Crippen molar-refractivity contribution in [1.29, 1.82) is 0 Å². The molecule has 5 heteroatoms. The Bertz CT molecular complexity index is 594. The van der Waals surface area contributed by atoms with Crippen LogP contribution in [0.3, 0.4) is 0 Å². The number of carbonyl (C=O) groups is 2. The molecule has 0 fully saturated rings. The van der Waals surface area contributed by atoms with Gasteiger partial charge in [-0.2, -0.15) is 0 Å². The van der Waals surface area contributed by atoms with Gasteiger partial charge in [0.15, 0.2) is 17.3 Å². The molecule has 2 aliphatic rings. The van der Waals surface area contributed by atoms with Gasteiger partial charge in [0.2, 0.25) is 12.7 Å². The van der Waals surface area contributed by atoms with Crippen LogP contribution < -0.4 is 14.8 Å². The normalized spacial score (nSPS) is 23.8.